The zero-order chi connectivity index (χ0) is 24.5. The van der Waals surface area contributed by atoms with Gasteiger partial charge >= 0.3 is 0 Å². The third kappa shape index (κ3) is 3.61. The summed E-state index contributed by atoms with van der Waals surface area (Å²) < 4.78 is 34.1. The summed E-state index contributed by atoms with van der Waals surface area (Å²) in [6.45, 7) is 6.18. The van der Waals surface area contributed by atoms with Gasteiger partial charge in [-0.15, -0.1) is 0 Å². The maximum atomic E-state index is 11.5. The molecule has 0 saturated heterocycles. The predicted octanol–water partition coefficient (Wildman–Crippen LogP) is 4.03. The van der Waals surface area contributed by atoms with Crippen LogP contribution in [0.1, 0.15) is 43.6 Å². The van der Waals surface area contributed by atoms with Gasteiger partial charge < -0.3 is 38.6 Å². The minimum atomic E-state index is -1.15. The molecule has 3 rings (SSSR count). The van der Waals surface area contributed by atoms with E-state index < -0.39 is 11.7 Å². The molecule has 0 unspecified atom stereocenters. The van der Waals surface area contributed by atoms with Crippen LogP contribution in [0.3, 0.4) is 0 Å². The van der Waals surface area contributed by atoms with Gasteiger partial charge in [0.05, 0.1) is 41.7 Å². The van der Waals surface area contributed by atoms with E-state index in [1.54, 1.807) is 20.3 Å². The van der Waals surface area contributed by atoms with Crippen molar-refractivity contribution in [3.63, 3.8) is 0 Å². The largest absolute Gasteiger partial charge is 0.504 e. The van der Waals surface area contributed by atoms with E-state index in [4.69, 9.17) is 28.4 Å². The van der Waals surface area contributed by atoms with Crippen molar-refractivity contribution in [2.24, 2.45) is 11.8 Å². The van der Waals surface area contributed by atoms with Gasteiger partial charge in [-0.1, -0.05) is 13.8 Å². The van der Waals surface area contributed by atoms with E-state index in [-0.39, 0.29) is 23.3 Å². The van der Waals surface area contributed by atoms with Gasteiger partial charge in [0.25, 0.3) is 0 Å². The molecule has 0 spiro atoms. The zero-order valence-electron chi connectivity index (χ0n) is 20.5. The summed E-state index contributed by atoms with van der Waals surface area (Å²) in [6.07, 6.45) is -0.851. The normalized spacial score (nSPS) is 24.1. The molecule has 0 aliphatic heterocycles. The molecule has 33 heavy (non-hydrogen) atoms. The first-order valence-electron chi connectivity index (χ1n) is 10.9. The molecule has 0 saturated carbocycles. The fraction of sp³-hybridized carbons (Fsp3) is 0.520. The van der Waals surface area contributed by atoms with E-state index in [2.05, 4.69) is 0 Å². The van der Waals surface area contributed by atoms with Crippen LogP contribution in [0.25, 0.3) is 0 Å². The highest BCUT2D eigenvalue weighted by Gasteiger charge is 2.53. The number of rotatable bonds is 8. The van der Waals surface area contributed by atoms with Crippen LogP contribution in [0, 0.1) is 11.8 Å². The lowest BCUT2D eigenvalue weighted by Crippen LogP contribution is -2.47. The van der Waals surface area contributed by atoms with Gasteiger partial charge in [0, 0.05) is 12.2 Å². The highest BCUT2D eigenvalue weighted by molar-refractivity contribution is 5.66. The van der Waals surface area contributed by atoms with Gasteiger partial charge in [-0.3, -0.25) is 0 Å². The summed E-state index contributed by atoms with van der Waals surface area (Å²) in [6, 6.07) is 5.34. The molecule has 0 bridgehead atoms. The maximum Gasteiger partial charge on any atom is 0.203 e. The molecule has 8 heteroatoms. The van der Waals surface area contributed by atoms with E-state index >= 15 is 0 Å². The molecule has 0 fully saturated rings. The molecule has 0 aromatic heterocycles. The summed E-state index contributed by atoms with van der Waals surface area (Å²) in [5.41, 5.74) is 0.473. The van der Waals surface area contributed by atoms with Crippen LogP contribution < -0.4 is 23.7 Å². The number of aliphatic hydroxyl groups is 1. The first-order chi connectivity index (χ1) is 15.8. The number of phenolic OH excluding ortho intramolecular Hbond substituents is 1. The molecule has 2 N–H and O–H groups in total. The Hall–Kier alpha value is -2.84. The molecule has 0 heterocycles. The Bertz CT molecular complexity index is 979. The SMILES string of the molecule is CCO[C@@]1(c2cc(OC)c(OC)c(OC)c2)c2c(cc(OC)c(OC)c2O)[C@@H](O)[C@@H](C)[C@H]1C. The van der Waals surface area contributed by atoms with Crippen molar-refractivity contribution in [3.05, 3.63) is 34.9 Å². The topological polar surface area (TPSA) is 95.8 Å². The fourth-order valence-corrected chi connectivity index (χ4v) is 4.99. The van der Waals surface area contributed by atoms with Crippen LogP contribution in [-0.4, -0.2) is 52.4 Å². The molecule has 1 aliphatic rings. The number of benzene rings is 2. The number of fused-ring (bicyclic) bond motifs is 1. The minimum absolute atomic E-state index is 0.146. The number of phenols is 1. The van der Waals surface area contributed by atoms with Crippen molar-refractivity contribution in [1.29, 1.82) is 0 Å². The number of ether oxygens (including phenoxy) is 6. The monoisotopic (exact) mass is 462 g/mol. The summed E-state index contributed by atoms with van der Waals surface area (Å²) in [7, 11) is 7.57. The molecule has 182 valence electrons. The van der Waals surface area contributed by atoms with Gasteiger partial charge in [-0.25, -0.2) is 0 Å². The second-order valence-corrected chi connectivity index (χ2v) is 8.10. The molecule has 0 radical (unpaired) electrons. The Morgan fingerprint density at radius 3 is 1.79 bits per heavy atom. The molecule has 8 nitrogen and oxygen atoms in total. The van der Waals surface area contributed by atoms with Crippen molar-refractivity contribution in [1.82, 2.24) is 0 Å². The van der Waals surface area contributed by atoms with E-state index in [0.717, 1.165) is 0 Å². The second kappa shape index (κ2) is 9.57. The lowest BCUT2D eigenvalue weighted by Gasteiger charge is -2.49. The number of hydrogen-bond donors (Lipinski definition) is 2. The highest BCUT2D eigenvalue weighted by atomic mass is 16.5. The predicted molar refractivity (Wildman–Crippen MR) is 123 cm³/mol. The molecule has 4 atom stereocenters. The Morgan fingerprint density at radius 2 is 1.33 bits per heavy atom. The van der Waals surface area contributed by atoms with Crippen molar-refractivity contribution >= 4 is 0 Å². The summed E-state index contributed by atoms with van der Waals surface area (Å²) >= 11 is 0. The van der Waals surface area contributed by atoms with Gasteiger partial charge in [0.1, 0.15) is 5.60 Å². The minimum Gasteiger partial charge on any atom is -0.504 e. The van der Waals surface area contributed by atoms with Crippen LogP contribution in [0.4, 0.5) is 0 Å². The van der Waals surface area contributed by atoms with Crippen LogP contribution in [0.5, 0.6) is 34.5 Å². The van der Waals surface area contributed by atoms with Crippen LogP contribution in [-0.2, 0) is 10.3 Å². The van der Waals surface area contributed by atoms with Crippen LogP contribution in [0.2, 0.25) is 0 Å². The van der Waals surface area contributed by atoms with Crippen molar-refractivity contribution in [2.45, 2.75) is 32.5 Å². The van der Waals surface area contributed by atoms with Crippen LogP contribution >= 0.6 is 0 Å². The highest BCUT2D eigenvalue weighted by Crippen LogP contribution is 2.60. The zero-order valence-corrected chi connectivity index (χ0v) is 20.5. The van der Waals surface area contributed by atoms with Crippen molar-refractivity contribution in [2.75, 3.05) is 42.2 Å². The van der Waals surface area contributed by atoms with Gasteiger partial charge in [0.15, 0.2) is 23.0 Å². The molecule has 2 aromatic carbocycles. The van der Waals surface area contributed by atoms with Crippen molar-refractivity contribution in [3.8, 4) is 34.5 Å². The molecular formula is C25H34O8. The molecular weight excluding hydrogens is 428 g/mol. The third-order valence-electron chi connectivity index (χ3n) is 6.76. The Kier molecular flexibility index (Phi) is 7.19. The molecule has 2 aromatic rings. The lowest BCUT2D eigenvalue weighted by molar-refractivity contribution is -0.101. The number of aromatic hydroxyl groups is 1. The number of aliphatic hydroxyl groups excluding tert-OH is 1. The summed E-state index contributed by atoms with van der Waals surface area (Å²) in [5.74, 6) is 1.23. The van der Waals surface area contributed by atoms with Gasteiger partial charge in [-0.05, 0) is 48.1 Å². The third-order valence-corrected chi connectivity index (χ3v) is 6.76. The Morgan fingerprint density at radius 1 is 0.818 bits per heavy atom. The Balaban J connectivity index is 2.50. The smallest absolute Gasteiger partial charge is 0.203 e. The fourth-order valence-electron chi connectivity index (χ4n) is 4.99. The van der Waals surface area contributed by atoms with E-state index in [1.807, 2.05) is 32.9 Å². The summed E-state index contributed by atoms with van der Waals surface area (Å²) in [4.78, 5) is 0. The molecule has 0 amide bonds. The lowest BCUT2D eigenvalue weighted by atomic mass is 9.62. The average molecular weight is 463 g/mol. The van der Waals surface area contributed by atoms with Crippen LogP contribution in [0.15, 0.2) is 18.2 Å². The van der Waals surface area contributed by atoms with Gasteiger partial charge in [-0.2, -0.15) is 0 Å². The second-order valence-electron chi connectivity index (χ2n) is 8.10. The first kappa shape index (κ1) is 24.8. The van der Waals surface area contributed by atoms with Crippen molar-refractivity contribution < 1.29 is 38.6 Å². The van der Waals surface area contributed by atoms with E-state index in [9.17, 15) is 10.2 Å². The summed E-state index contributed by atoms with van der Waals surface area (Å²) in [5, 5.41) is 22.7. The average Bonchev–Trinajstić information content (AvgIpc) is 2.83. The molecule has 1 aliphatic carbocycles. The first-order valence-corrected chi connectivity index (χ1v) is 10.9. The quantitative estimate of drug-likeness (QED) is 0.607. The standard InChI is InChI=1S/C25H34O8/c1-9-33-25(15-10-17(28-4)23(31-7)18(11-15)29-5)14(3)13(2)21(26)16-12-19(30-6)24(32-8)22(27)20(16)25/h10-14,21,26-27H,9H2,1-8H3/t13-,14+,21-,25-/m0/s1. The number of methoxy groups -OCH3 is 5. The van der Waals surface area contributed by atoms with E-state index in [0.29, 0.717) is 46.3 Å². The van der Waals surface area contributed by atoms with Gasteiger partial charge in [0.2, 0.25) is 11.5 Å². The number of hydrogen-bond acceptors (Lipinski definition) is 8. The van der Waals surface area contributed by atoms with E-state index in [1.165, 1.54) is 21.3 Å². The Labute approximate surface area is 194 Å². The maximum absolute atomic E-state index is 11.5.